The van der Waals surface area contributed by atoms with E-state index in [2.05, 4.69) is 5.32 Å². The molecular weight excluding hydrogens is 200 g/mol. The van der Waals surface area contributed by atoms with Crippen LogP contribution in [0, 0.1) is 0 Å². The Hall–Kier alpha value is -1.16. The summed E-state index contributed by atoms with van der Waals surface area (Å²) in [6.45, 7) is 1.35. The van der Waals surface area contributed by atoms with Gasteiger partial charge in [0, 0.05) is 12.0 Å². The van der Waals surface area contributed by atoms with Gasteiger partial charge >= 0.3 is 0 Å². The number of alkyl halides is 2. The predicted octanol–water partition coefficient (Wildman–Crippen LogP) is 2.24. The first kappa shape index (κ1) is 10.4. The summed E-state index contributed by atoms with van der Waals surface area (Å²) in [4.78, 5) is 0. The van der Waals surface area contributed by atoms with Crippen LogP contribution in [-0.4, -0.2) is 17.6 Å². The monoisotopic (exact) mass is 213 g/mol. The van der Waals surface area contributed by atoms with Gasteiger partial charge in [0.15, 0.2) is 0 Å². The summed E-state index contributed by atoms with van der Waals surface area (Å²) in [6.07, 6.45) is -0.280. The van der Waals surface area contributed by atoms with Crippen LogP contribution < -0.4 is 5.32 Å². The molecule has 82 valence electrons. The van der Waals surface area contributed by atoms with Gasteiger partial charge in [-0.3, -0.25) is 0 Å². The third-order valence-electron chi connectivity index (χ3n) is 2.85. The maximum Gasteiger partial charge on any atom is 0.262 e. The average molecular weight is 213 g/mol. The molecule has 1 aliphatic rings. The average Bonchev–Trinajstić information content (AvgIpc) is 2.42. The molecule has 0 spiro atoms. The fraction of sp³-hybridized carbons (Fsp3) is 0.455. The van der Waals surface area contributed by atoms with Crippen molar-refractivity contribution in [2.45, 2.75) is 24.8 Å². The van der Waals surface area contributed by atoms with Crippen molar-refractivity contribution >= 4 is 0 Å². The summed E-state index contributed by atoms with van der Waals surface area (Å²) >= 11 is 0. The van der Waals surface area contributed by atoms with E-state index in [0.717, 1.165) is 0 Å². The lowest BCUT2D eigenvalue weighted by molar-refractivity contribution is 0.0164. The molecule has 1 aromatic rings. The zero-order valence-electron chi connectivity index (χ0n) is 8.43. The number of rotatable bonds is 1. The minimum atomic E-state index is -2.70. The van der Waals surface area contributed by atoms with Gasteiger partial charge in [-0.25, -0.2) is 8.78 Å². The fourth-order valence-corrected chi connectivity index (χ4v) is 2.10. The molecule has 0 radical (unpaired) electrons. The maximum atomic E-state index is 13.1. The zero-order valence-corrected chi connectivity index (χ0v) is 8.43. The summed E-state index contributed by atoms with van der Waals surface area (Å²) in [7, 11) is 0. The number of halogens is 2. The second-order valence-corrected chi connectivity index (χ2v) is 4.24. The second-order valence-electron chi connectivity index (χ2n) is 4.24. The Bertz CT molecular complexity index is 381. The van der Waals surface area contributed by atoms with Crippen LogP contribution in [0.15, 0.2) is 24.3 Å². The van der Waals surface area contributed by atoms with Crippen molar-refractivity contribution in [2.75, 3.05) is 6.54 Å². The van der Waals surface area contributed by atoms with Gasteiger partial charge in [-0.05, 0) is 13.0 Å². The molecule has 2 nitrogen and oxygen atoms in total. The first-order chi connectivity index (χ1) is 6.93. The summed E-state index contributed by atoms with van der Waals surface area (Å²) in [5.41, 5.74) is -0.309. The highest BCUT2D eigenvalue weighted by molar-refractivity contribution is 5.38. The minimum Gasteiger partial charge on any atom is -0.508 e. The van der Waals surface area contributed by atoms with E-state index in [0.29, 0.717) is 5.56 Å². The minimum absolute atomic E-state index is 0.0604. The zero-order chi connectivity index (χ0) is 11.1. The highest BCUT2D eigenvalue weighted by Gasteiger charge is 2.48. The van der Waals surface area contributed by atoms with Crippen LogP contribution in [0.1, 0.15) is 18.9 Å². The molecule has 1 heterocycles. The summed E-state index contributed by atoms with van der Waals surface area (Å²) in [5.74, 6) is -2.64. The Morgan fingerprint density at radius 1 is 1.33 bits per heavy atom. The molecule has 4 heteroatoms. The van der Waals surface area contributed by atoms with Gasteiger partial charge in [-0.1, -0.05) is 18.2 Å². The first-order valence-corrected chi connectivity index (χ1v) is 4.84. The van der Waals surface area contributed by atoms with E-state index in [9.17, 15) is 13.9 Å². The van der Waals surface area contributed by atoms with Crippen molar-refractivity contribution in [3.63, 3.8) is 0 Å². The standard InChI is InChI=1S/C11H13F2NO/c1-10(6-11(12,13)7-14-10)8-4-2-3-5-9(8)15/h2-5,14-15H,6-7H2,1H3. The number of para-hydroxylation sites is 1. The second kappa shape index (κ2) is 3.17. The van der Waals surface area contributed by atoms with E-state index >= 15 is 0 Å². The third-order valence-corrected chi connectivity index (χ3v) is 2.85. The van der Waals surface area contributed by atoms with Crippen LogP contribution >= 0.6 is 0 Å². The predicted molar refractivity (Wildman–Crippen MR) is 53.0 cm³/mol. The van der Waals surface area contributed by atoms with Crippen molar-refractivity contribution in [2.24, 2.45) is 0 Å². The Morgan fingerprint density at radius 3 is 2.53 bits per heavy atom. The van der Waals surface area contributed by atoms with Gasteiger partial charge in [0.05, 0.1) is 12.1 Å². The van der Waals surface area contributed by atoms with Crippen molar-refractivity contribution in [3.05, 3.63) is 29.8 Å². The maximum absolute atomic E-state index is 13.1. The smallest absolute Gasteiger partial charge is 0.262 e. The molecule has 1 unspecified atom stereocenters. The van der Waals surface area contributed by atoms with E-state index in [1.165, 1.54) is 6.07 Å². The van der Waals surface area contributed by atoms with Gasteiger partial charge < -0.3 is 10.4 Å². The van der Waals surface area contributed by atoms with E-state index in [4.69, 9.17) is 0 Å². The summed E-state index contributed by atoms with van der Waals surface area (Å²) < 4.78 is 26.2. The van der Waals surface area contributed by atoms with Crippen LogP contribution in [0.25, 0.3) is 0 Å². The van der Waals surface area contributed by atoms with Crippen LogP contribution in [0.5, 0.6) is 5.75 Å². The number of benzene rings is 1. The number of hydrogen-bond acceptors (Lipinski definition) is 2. The van der Waals surface area contributed by atoms with E-state index in [1.807, 2.05) is 0 Å². The van der Waals surface area contributed by atoms with Gasteiger partial charge in [-0.15, -0.1) is 0 Å². The Labute approximate surface area is 86.9 Å². The van der Waals surface area contributed by atoms with Crippen molar-refractivity contribution in [3.8, 4) is 5.75 Å². The molecule has 0 aliphatic carbocycles. The molecule has 15 heavy (non-hydrogen) atoms. The molecule has 1 atom stereocenters. The molecular formula is C11H13F2NO. The number of aromatic hydroxyl groups is 1. The lowest BCUT2D eigenvalue weighted by Crippen LogP contribution is -2.33. The van der Waals surface area contributed by atoms with Gasteiger partial charge in [0.1, 0.15) is 5.75 Å². The van der Waals surface area contributed by atoms with Gasteiger partial charge in [-0.2, -0.15) is 0 Å². The molecule has 1 aliphatic heterocycles. The normalized spacial score (nSPS) is 29.3. The topological polar surface area (TPSA) is 32.3 Å². The number of phenolic OH excluding ortho intramolecular Hbond substituents is 1. The van der Waals surface area contributed by atoms with Gasteiger partial charge in [0.25, 0.3) is 5.92 Å². The van der Waals surface area contributed by atoms with Crippen molar-refractivity contribution in [1.29, 1.82) is 0 Å². The van der Waals surface area contributed by atoms with E-state index < -0.39 is 11.5 Å². The third kappa shape index (κ3) is 1.81. The van der Waals surface area contributed by atoms with Crippen molar-refractivity contribution in [1.82, 2.24) is 5.32 Å². The molecule has 1 saturated heterocycles. The van der Waals surface area contributed by atoms with E-state index in [-0.39, 0.29) is 18.7 Å². The van der Waals surface area contributed by atoms with Crippen LogP contribution in [0.3, 0.4) is 0 Å². The highest BCUT2D eigenvalue weighted by atomic mass is 19.3. The Morgan fingerprint density at radius 2 is 2.00 bits per heavy atom. The molecule has 0 aromatic heterocycles. The largest absolute Gasteiger partial charge is 0.508 e. The van der Waals surface area contributed by atoms with Crippen molar-refractivity contribution < 1.29 is 13.9 Å². The molecule has 2 rings (SSSR count). The van der Waals surface area contributed by atoms with Crippen LogP contribution in [0.4, 0.5) is 8.78 Å². The van der Waals surface area contributed by atoms with Crippen LogP contribution in [-0.2, 0) is 5.54 Å². The lowest BCUT2D eigenvalue weighted by atomic mass is 9.89. The number of hydrogen-bond donors (Lipinski definition) is 2. The number of nitrogens with one attached hydrogen (secondary N) is 1. The summed E-state index contributed by atoms with van der Waals surface area (Å²) in [6, 6.07) is 6.59. The Kier molecular flexibility index (Phi) is 2.19. The molecule has 0 amide bonds. The lowest BCUT2D eigenvalue weighted by Gasteiger charge is -2.25. The quantitative estimate of drug-likeness (QED) is 0.749. The van der Waals surface area contributed by atoms with Gasteiger partial charge in [0.2, 0.25) is 0 Å². The number of phenols is 1. The highest BCUT2D eigenvalue weighted by Crippen LogP contribution is 2.41. The fourth-order valence-electron chi connectivity index (χ4n) is 2.10. The molecule has 0 bridgehead atoms. The molecule has 0 saturated carbocycles. The van der Waals surface area contributed by atoms with Crippen LogP contribution in [0.2, 0.25) is 0 Å². The molecule has 2 N–H and O–H groups in total. The summed E-state index contributed by atoms with van der Waals surface area (Å²) in [5, 5.41) is 12.4. The first-order valence-electron chi connectivity index (χ1n) is 4.84. The molecule has 1 fully saturated rings. The Balaban J connectivity index is 2.36. The molecule has 1 aromatic carbocycles. The van der Waals surface area contributed by atoms with E-state index in [1.54, 1.807) is 25.1 Å². The SMILES string of the molecule is CC1(c2ccccc2O)CC(F)(F)CN1.